The minimum absolute atomic E-state index is 0.0232. The zero-order valence-corrected chi connectivity index (χ0v) is 16.3. The normalized spacial score (nSPS) is 39.4. The SMILES string of the molecule is C[C@H](CC[C@@]1(C)[C@H](C)CC[C@@]2(CO)C(CO)=CCC[C@@]21C)CC(=O)O. The summed E-state index contributed by atoms with van der Waals surface area (Å²) in [5.41, 5.74) is 0.620. The first-order valence-corrected chi connectivity index (χ1v) is 9.80. The molecule has 144 valence electrons. The second-order valence-corrected chi connectivity index (χ2v) is 9.10. The van der Waals surface area contributed by atoms with Gasteiger partial charge in [-0.25, -0.2) is 0 Å². The van der Waals surface area contributed by atoms with E-state index in [1.165, 1.54) is 0 Å². The second kappa shape index (κ2) is 7.40. The van der Waals surface area contributed by atoms with Gasteiger partial charge in [0, 0.05) is 11.8 Å². The van der Waals surface area contributed by atoms with Crippen molar-refractivity contribution in [1.82, 2.24) is 0 Å². The molecule has 0 unspecified atom stereocenters. The van der Waals surface area contributed by atoms with Gasteiger partial charge in [0.1, 0.15) is 0 Å². The van der Waals surface area contributed by atoms with E-state index in [4.69, 9.17) is 5.11 Å². The van der Waals surface area contributed by atoms with Crippen LogP contribution in [0.1, 0.15) is 72.6 Å². The lowest BCUT2D eigenvalue weighted by molar-refractivity contribution is -0.158. The van der Waals surface area contributed by atoms with E-state index in [-0.39, 0.29) is 41.8 Å². The van der Waals surface area contributed by atoms with E-state index >= 15 is 0 Å². The average Bonchev–Trinajstić information content (AvgIpc) is 2.56. The Morgan fingerprint density at radius 1 is 1.32 bits per heavy atom. The summed E-state index contributed by atoms with van der Waals surface area (Å²) >= 11 is 0. The molecule has 0 aromatic rings. The highest BCUT2D eigenvalue weighted by Crippen LogP contribution is 2.69. The van der Waals surface area contributed by atoms with Crippen LogP contribution in [0.15, 0.2) is 11.6 Å². The number of allylic oxidation sites excluding steroid dienone is 1. The Labute approximate surface area is 152 Å². The van der Waals surface area contributed by atoms with Gasteiger partial charge < -0.3 is 15.3 Å². The Morgan fingerprint density at radius 3 is 2.56 bits per heavy atom. The number of carboxylic acids is 1. The summed E-state index contributed by atoms with van der Waals surface area (Å²) in [5, 5.41) is 29.4. The molecule has 25 heavy (non-hydrogen) atoms. The zero-order chi connectivity index (χ0) is 18.9. The molecule has 2 rings (SSSR count). The number of fused-ring (bicyclic) bond motifs is 1. The van der Waals surface area contributed by atoms with Crippen LogP contribution in [-0.4, -0.2) is 34.5 Å². The Hall–Kier alpha value is -0.870. The molecule has 0 radical (unpaired) electrons. The number of hydrogen-bond acceptors (Lipinski definition) is 3. The molecule has 4 nitrogen and oxygen atoms in total. The molecule has 0 aliphatic heterocycles. The van der Waals surface area contributed by atoms with Gasteiger partial charge in [0.15, 0.2) is 0 Å². The lowest BCUT2D eigenvalue weighted by Gasteiger charge is -2.66. The molecule has 2 aliphatic carbocycles. The van der Waals surface area contributed by atoms with Gasteiger partial charge >= 0.3 is 5.97 Å². The third-order valence-electron chi connectivity index (χ3n) is 8.18. The maximum atomic E-state index is 11.0. The highest BCUT2D eigenvalue weighted by Gasteiger charge is 2.63. The molecular weight excluding hydrogens is 316 g/mol. The maximum absolute atomic E-state index is 11.0. The van der Waals surface area contributed by atoms with Crippen LogP contribution in [0.3, 0.4) is 0 Å². The van der Waals surface area contributed by atoms with E-state index < -0.39 is 5.97 Å². The van der Waals surface area contributed by atoms with Crippen molar-refractivity contribution >= 4 is 5.97 Å². The Balaban J connectivity index is 2.35. The van der Waals surface area contributed by atoms with E-state index in [0.717, 1.165) is 44.1 Å². The average molecular weight is 353 g/mol. The fourth-order valence-electron chi connectivity index (χ4n) is 5.96. The Kier molecular flexibility index (Phi) is 6.05. The van der Waals surface area contributed by atoms with Crippen LogP contribution in [0, 0.1) is 28.1 Å². The van der Waals surface area contributed by atoms with Crippen molar-refractivity contribution in [3.05, 3.63) is 11.6 Å². The molecule has 0 saturated heterocycles. The van der Waals surface area contributed by atoms with Crippen LogP contribution < -0.4 is 0 Å². The quantitative estimate of drug-likeness (QED) is 0.605. The fraction of sp³-hybridized carbons (Fsp3) is 0.857. The number of aliphatic hydroxyl groups is 2. The van der Waals surface area contributed by atoms with Gasteiger partial charge in [-0.05, 0) is 66.8 Å². The molecule has 1 saturated carbocycles. The summed E-state index contributed by atoms with van der Waals surface area (Å²) in [7, 11) is 0. The van der Waals surface area contributed by atoms with E-state index in [2.05, 4.69) is 26.8 Å². The first-order chi connectivity index (χ1) is 11.7. The molecule has 0 bridgehead atoms. The van der Waals surface area contributed by atoms with Crippen LogP contribution in [0.25, 0.3) is 0 Å². The van der Waals surface area contributed by atoms with Gasteiger partial charge in [-0.15, -0.1) is 0 Å². The van der Waals surface area contributed by atoms with Crippen LogP contribution in [0.4, 0.5) is 0 Å². The summed E-state index contributed by atoms with van der Waals surface area (Å²) < 4.78 is 0. The molecule has 0 amide bonds. The molecule has 0 heterocycles. The monoisotopic (exact) mass is 352 g/mol. The number of rotatable bonds is 7. The van der Waals surface area contributed by atoms with Gasteiger partial charge in [-0.1, -0.05) is 33.8 Å². The summed E-state index contributed by atoms with van der Waals surface area (Å²) in [6, 6.07) is 0. The van der Waals surface area contributed by atoms with Gasteiger partial charge in [0.2, 0.25) is 0 Å². The molecule has 3 N–H and O–H groups in total. The van der Waals surface area contributed by atoms with Crippen LogP contribution >= 0.6 is 0 Å². The lowest BCUT2D eigenvalue weighted by Crippen LogP contribution is -2.60. The zero-order valence-electron chi connectivity index (χ0n) is 16.3. The Morgan fingerprint density at radius 2 is 2.00 bits per heavy atom. The van der Waals surface area contributed by atoms with Crippen LogP contribution in [0.2, 0.25) is 0 Å². The van der Waals surface area contributed by atoms with Crippen molar-refractivity contribution < 1.29 is 20.1 Å². The summed E-state index contributed by atoms with van der Waals surface area (Å²) in [4.78, 5) is 11.0. The molecule has 0 aromatic heterocycles. The second-order valence-electron chi connectivity index (χ2n) is 9.10. The summed E-state index contributed by atoms with van der Waals surface area (Å²) in [6.45, 7) is 9.09. The fourth-order valence-corrected chi connectivity index (χ4v) is 5.96. The number of carboxylic acid groups (broad SMARTS) is 1. The summed E-state index contributed by atoms with van der Waals surface area (Å²) in [5.74, 6) is -0.0484. The molecule has 4 heteroatoms. The van der Waals surface area contributed by atoms with E-state index in [1.54, 1.807) is 0 Å². The molecule has 0 spiro atoms. The number of aliphatic carboxylic acids is 1. The Bertz CT molecular complexity index is 528. The molecule has 1 fully saturated rings. The highest BCUT2D eigenvalue weighted by atomic mass is 16.4. The van der Waals surface area contributed by atoms with Crippen LogP contribution in [0.5, 0.6) is 0 Å². The number of hydrogen-bond donors (Lipinski definition) is 3. The summed E-state index contributed by atoms with van der Waals surface area (Å²) in [6.07, 6.45) is 8.15. The van der Waals surface area contributed by atoms with Crippen LogP contribution in [-0.2, 0) is 4.79 Å². The van der Waals surface area contributed by atoms with Gasteiger partial charge in [-0.2, -0.15) is 0 Å². The first-order valence-electron chi connectivity index (χ1n) is 9.80. The van der Waals surface area contributed by atoms with E-state index in [0.29, 0.717) is 5.92 Å². The van der Waals surface area contributed by atoms with Crippen molar-refractivity contribution in [3.63, 3.8) is 0 Å². The minimum Gasteiger partial charge on any atom is -0.481 e. The van der Waals surface area contributed by atoms with Crippen molar-refractivity contribution in [2.75, 3.05) is 13.2 Å². The number of carbonyl (C=O) groups is 1. The van der Waals surface area contributed by atoms with E-state index in [9.17, 15) is 15.0 Å². The van der Waals surface area contributed by atoms with Gasteiger partial charge in [0.05, 0.1) is 13.2 Å². The minimum atomic E-state index is -0.728. The molecule has 0 aromatic carbocycles. The standard InChI is InChI=1S/C21H36O4/c1-15(12-18(24)25)7-10-19(3)16(2)8-11-21(14-23)17(13-22)6-5-9-20(19,21)4/h6,15-16,22-23H,5,7-14H2,1-4H3,(H,24,25)/t15-,16-,19+,20-,21-/m1/s1. The highest BCUT2D eigenvalue weighted by molar-refractivity contribution is 5.66. The van der Waals surface area contributed by atoms with Crippen molar-refractivity contribution in [1.29, 1.82) is 0 Å². The largest absolute Gasteiger partial charge is 0.481 e. The van der Waals surface area contributed by atoms with Gasteiger partial charge in [-0.3, -0.25) is 4.79 Å². The lowest BCUT2D eigenvalue weighted by atomic mass is 9.38. The van der Waals surface area contributed by atoms with Crippen molar-refractivity contribution in [2.45, 2.75) is 72.6 Å². The molecule has 5 atom stereocenters. The smallest absolute Gasteiger partial charge is 0.303 e. The molecular formula is C21H36O4. The third kappa shape index (κ3) is 3.16. The van der Waals surface area contributed by atoms with Gasteiger partial charge in [0.25, 0.3) is 0 Å². The first kappa shape index (κ1) is 20.4. The predicted molar refractivity (Wildman–Crippen MR) is 99.2 cm³/mol. The third-order valence-corrected chi connectivity index (χ3v) is 8.18. The maximum Gasteiger partial charge on any atom is 0.303 e. The number of aliphatic hydroxyl groups excluding tert-OH is 2. The van der Waals surface area contributed by atoms with Crippen molar-refractivity contribution in [2.24, 2.45) is 28.1 Å². The van der Waals surface area contributed by atoms with E-state index in [1.807, 2.05) is 6.92 Å². The predicted octanol–water partition coefficient (Wildman–Crippen LogP) is 4.01. The topological polar surface area (TPSA) is 77.8 Å². The molecule has 2 aliphatic rings. The van der Waals surface area contributed by atoms with Crippen molar-refractivity contribution in [3.8, 4) is 0 Å².